The number of nitrogens with zero attached hydrogens (tertiary/aromatic N) is 5. The molecule has 0 aromatic carbocycles. The predicted octanol–water partition coefficient (Wildman–Crippen LogP) is 2.14. The minimum absolute atomic E-state index is 0.0158. The third-order valence-corrected chi connectivity index (χ3v) is 5.55. The van der Waals surface area contributed by atoms with Crippen molar-refractivity contribution in [2.45, 2.75) is 13.5 Å². The van der Waals surface area contributed by atoms with Crippen LogP contribution in [-0.2, 0) is 13.6 Å². The van der Waals surface area contributed by atoms with Crippen LogP contribution in [0.5, 0.6) is 0 Å². The summed E-state index contributed by atoms with van der Waals surface area (Å²) >= 11 is 1.68. The lowest BCUT2D eigenvalue weighted by atomic mass is 10.2. The van der Waals surface area contributed by atoms with E-state index in [4.69, 9.17) is 0 Å². The Kier molecular flexibility index (Phi) is 4.60. The Morgan fingerprint density at radius 3 is 2.77 bits per heavy atom. The number of aromatic nitrogens is 4. The van der Waals surface area contributed by atoms with Crippen LogP contribution >= 0.6 is 11.3 Å². The molecule has 0 radical (unpaired) electrons. The summed E-state index contributed by atoms with van der Waals surface area (Å²) in [6, 6.07) is 5.79. The van der Waals surface area contributed by atoms with Crippen molar-refractivity contribution in [2.75, 3.05) is 26.2 Å². The number of carbonyl (C=O) groups excluding carboxylic acids is 1. The molecule has 0 atom stereocenters. The number of aromatic amines is 1. The van der Waals surface area contributed by atoms with Gasteiger partial charge in [0.1, 0.15) is 11.4 Å². The van der Waals surface area contributed by atoms with Gasteiger partial charge < -0.3 is 9.47 Å². The van der Waals surface area contributed by atoms with Crippen molar-refractivity contribution in [3.63, 3.8) is 0 Å². The first-order chi connectivity index (χ1) is 12.6. The maximum Gasteiger partial charge on any atom is 0.271 e. The Morgan fingerprint density at radius 1 is 1.31 bits per heavy atom. The zero-order valence-electron chi connectivity index (χ0n) is 15.0. The van der Waals surface area contributed by atoms with E-state index in [2.05, 4.69) is 25.5 Å². The highest BCUT2D eigenvalue weighted by atomic mass is 32.1. The van der Waals surface area contributed by atoms with Crippen LogP contribution in [0.15, 0.2) is 29.8 Å². The quantitative estimate of drug-likeness (QED) is 0.764. The molecule has 4 rings (SSSR count). The molecule has 1 aliphatic rings. The number of hydrogen-bond acceptors (Lipinski definition) is 5. The Balaban J connectivity index is 1.36. The Bertz CT molecular complexity index is 902. The van der Waals surface area contributed by atoms with Gasteiger partial charge in [-0.1, -0.05) is 0 Å². The summed E-state index contributed by atoms with van der Waals surface area (Å²) < 4.78 is 1.99. The number of aryl methyl sites for hydroxylation is 2. The van der Waals surface area contributed by atoms with Gasteiger partial charge in [-0.3, -0.25) is 14.8 Å². The number of hydrogen-bond donors (Lipinski definition) is 1. The number of carbonyl (C=O) groups is 1. The molecule has 3 aromatic heterocycles. The van der Waals surface area contributed by atoms with Crippen LogP contribution in [0.25, 0.3) is 11.4 Å². The van der Waals surface area contributed by atoms with E-state index < -0.39 is 0 Å². The fourth-order valence-corrected chi connectivity index (χ4v) is 3.88. The van der Waals surface area contributed by atoms with Gasteiger partial charge in [0.05, 0.1) is 16.4 Å². The summed E-state index contributed by atoms with van der Waals surface area (Å²) in [6.07, 6.45) is 1.97. The van der Waals surface area contributed by atoms with E-state index in [1.165, 1.54) is 0 Å². The molecule has 7 nitrogen and oxygen atoms in total. The average molecular weight is 370 g/mol. The lowest BCUT2D eigenvalue weighted by molar-refractivity contribution is 0.0621. The first-order valence-electron chi connectivity index (χ1n) is 8.70. The SMILES string of the molecule is Cc1nc(CN2CCN(C(=O)c3cc(-c4cccn4C)n[nH]3)CC2)cs1. The Hall–Kier alpha value is -2.45. The van der Waals surface area contributed by atoms with Gasteiger partial charge in [0.25, 0.3) is 5.91 Å². The fourth-order valence-electron chi connectivity index (χ4n) is 3.28. The van der Waals surface area contributed by atoms with E-state index in [9.17, 15) is 4.79 Å². The van der Waals surface area contributed by atoms with Crippen molar-refractivity contribution >= 4 is 17.2 Å². The molecule has 0 unspecified atom stereocenters. The molecule has 0 bridgehead atoms. The molecule has 4 heterocycles. The maximum atomic E-state index is 12.8. The van der Waals surface area contributed by atoms with E-state index >= 15 is 0 Å². The van der Waals surface area contributed by atoms with Crippen molar-refractivity contribution in [3.8, 4) is 11.4 Å². The summed E-state index contributed by atoms with van der Waals surface area (Å²) in [7, 11) is 1.97. The van der Waals surface area contributed by atoms with Crippen molar-refractivity contribution < 1.29 is 4.79 Å². The zero-order chi connectivity index (χ0) is 18.1. The van der Waals surface area contributed by atoms with E-state index in [1.54, 1.807) is 11.3 Å². The lowest BCUT2D eigenvalue weighted by Gasteiger charge is -2.34. The second-order valence-corrected chi connectivity index (χ2v) is 7.66. The molecule has 3 aromatic rings. The molecule has 1 aliphatic heterocycles. The third kappa shape index (κ3) is 3.42. The summed E-state index contributed by atoms with van der Waals surface area (Å²) in [5.74, 6) is 0.0158. The molecular formula is C18H22N6OS. The second kappa shape index (κ2) is 7.05. The van der Waals surface area contributed by atoms with Gasteiger partial charge >= 0.3 is 0 Å². The van der Waals surface area contributed by atoms with E-state index in [0.717, 1.165) is 54.8 Å². The van der Waals surface area contributed by atoms with Crippen LogP contribution < -0.4 is 0 Å². The third-order valence-electron chi connectivity index (χ3n) is 4.73. The molecule has 0 saturated carbocycles. The van der Waals surface area contributed by atoms with Crippen LogP contribution in [0.2, 0.25) is 0 Å². The Labute approximate surface area is 156 Å². The highest BCUT2D eigenvalue weighted by Crippen LogP contribution is 2.19. The highest BCUT2D eigenvalue weighted by Gasteiger charge is 2.24. The minimum atomic E-state index is 0.0158. The topological polar surface area (TPSA) is 70.1 Å². The molecule has 0 aliphatic carbocycles. The molecule has 26 heavy (non-hydrogen) atoms. The normalized spacial score (nSPS) is 15.5. The fraction of sp³-hybridized carbons (Fsp3) is 0.389. The molecule has 0 spiro atoms. The molecular weight excluding hydrogens is 348 g/mol. The molecule has 8 heteroatoms. The monoisotopic (exact) mass is 370 g/mol. The number of rotatable bonds is 4. The van der Waals surface area contributed by atoms with Crippen LogP contribution in [0.3, 0.4) is 0 Å². The van der Waals surface area contributed by atoms with E-state index in [-0.39, 0.29) is 5.91 Å². The van der Waals surface area contributed by atoms with Crippen LogP contribution in [-0.4, -0.2) is 61.6 Å². The first kappa shape index (κ1) is 17.0. The largest absolute Gasteiger partial charge is 0.349 e. The number of nitrogens with one attached hydrogen (secondary N) is 1. The predicted molar refractivity (Wildman–Crippen MR) is 101 cm³/mol. The van der Waals surface area contributed by atoms with Gasteiger partial charge in [0, 0.05) is 51.3 Å². The standard InChI is InChI=1S/C18H22N6OS/c1-13-19-14(12-26-13)11-23-6-8-24(9-7-23)18(25)16-10-15(20-21-16)17-4-3-5-22(17)2/h3-5,10,12H,6-9,11H2,1-2H3,(H,20,21). The van der Waals surface area contributed by atoms with Crippen LogP contribution in [0.1, 0.15) is 21.2 Å². The summed E-state index contributed by atoms with van der Waals surface area (Å²) in [5.41, 5.74) is 3.44. The van der Waals surface area contributed by atoms with Gasteiger partial charge in [0.2, 0.25) is 0 Å². The molecule has 136 valence electrons. The zero-order valence-corrected chi connectivity index (χ0v) is 15.8. The summed E-state index contributed by atoms with van der Waals surface area (Å²) in [6.45, 7) is 6.05. The molecule has 1 saturated heterocycles. The van der Waals surface area contributed by atoms with Gasteiger partial charge in [-0.05, 0) is 25.1 Å². The molecule has 1 amide bonds. The van der Waals surface area contributed by atoms with Gasteiger partial charge in [-0.25, -0.2) is 4.98 Å². The number of H-pyrrole nitrogens is 1. The first-order valence-corrected chi connectivity index (χ1v) is 9.58. The van der Waals surface area contributed by atoms with Gasteiger partial charge in [-0.15, -0.1) is 11.3 Å². The van der Waals surface area contributed by atoms with Crippen LogP contribution in [0.4, 0.5) is 0 Å². The van der Waals surface area contributed by atoms with Crippen molar-refractivity contribution in [2.24, 2.45) is 7.05 Å². The number of thiazole rings is 1. The van der Waals surface area contributed by atoms with Crippen molar-refractivity contribution in [1.29, 1.82) is 0 Å². The van der Waals surface area contributed by atoms with Gasteiger partial charge in [0.15, 0.2) is 0 Å². The average Bonchev–Trinajstić information content (AvgIpc) is 3.36. The lowest BCUT2D eigenvalue weighted by Crippen LogP contribution is -2.48. The second-order valence-electron chi connectivity index (χ2n) is 6.60. The number of amides is 1. The smallest absolute Gasteiger partial charge is 0.271 e. The molecule has 1 fully saturated rings. The van der Waals surface area contributed by atoms with Crippen molar-refractivity contribution in [3.05, 3.63) is 46.2 Å². The van der Waals surface area contributed by atoms with Gasteiger partial charge in [-0.2, -0.15) is 5.10 Å². The van der Waals surface area contributed by atoms with E-state index in [0.29, 0.717) is 5.69 Å². The Morgan fingerprint density at radius 2 is 2.12 bits per heavy atom. The minimum Gasteiger partial charge on any atom is -0.349 e. The summed E-state index contributed by atoms with van der Waals surface area (Å²) in [4.78, 5) is 21.5. The summed E-state index contributed by atoms with van der Waals surface area (Å²) in [5, 5.41) is 10.4. The van der Waals surface area contributed by atoms with Crippen molar-refractivity contribution in [1.82, 2.24) is 29.5 Å². The van der Waals surface area contributed by atoms with E-state index in [1.807, 2.05) is 47.8 Å². The number of piperazine rings is 1. The van der Waals surface area contributed by atoms with Crippen LogP contribution in [0, 0.1) is 6.92 Å². The highest BCUT2D eigenvalue weighted by molar-refractivity contribution is 7.09. The maximum absolute atomic E-state index is 12.8. The molecule has 1 N–H and O–H groups in total.